The maximum Gasteiger partial charge on any atom is 0.129 e. The third kappa shape index (κ3) is 2.99. The van der Waals surface area contributed by atoms with Crippen LogP contribution in [0.25, 0.3) is 0 Å². The van der Waals surface area contributed by atoms with E-state index in [4.69, 9.17) is 11.6 Å². The topological polar surface area (TPSA) is 16.1 Å². The average Bonchev–Trinajstić information content (AvgIpc) is 2.31. The van der Waals surface area contributed by atoms with E-state index in [0.29, 0.717) is 11.2 Å². The van der Waals surface area contributed by atoms with Gasteiger partial charge in [0.2, 0.25) is 0 Å². The molecule has 0 saturated carbocycles. The number of halogens is 1. The minimum absolute atomic E-state index is 0.550. The van der Waals surface area contributed by atoms with Crippen LogP contribution >= 0.6 is 11.6 Å². The van der Waals surface area contributed by atoms with Gasteiger partial charge in [-0.25, -0.2) is 4.98 Å². The van der Waals surface area contributed by atoms with E-state index in [0.717, 1.165) is 0 Å². The predicted molar refractivity (Wildman–Crippen MR) is 72.4 cm³/mol. The second-order valence-electron chi connectivity index (χ2n) is 4.91. The first-order valence-corrected chi connectivity index (χ1v) is 6.96. The van der Waals surface area contributed by atoms with Crippen molar-refractivity contribution in [2.45, 2.75) is 45.6 Å². The van der Waals surface area contributed by atoms with Gasteiger partial charge in [0, 0.05) is 12.2 Å². The molecule has 2 heterocycles. The Morgan fingerprint density at radius 1 is 1.47 bits per heavy atom. The molecule has 0 amide bonds. The van der Waals surface area contributed by atoms with Crippen molar-refractivity contribution in [2.24, 2.45) is 0 Å². The van der Waals surface area contributed by atoms with Gasteiger partial charge in [-0.05, 0) is 56.5 Å². The molecule has 94 valence electrons. The summed E-state index contributed by atoms with van der Waals surface area (Å²) >= 11 is 5.93. The normalized spacial score (nSPS) is 21.7. The first-order valence-electron chi connectivity index (χ1n) is 6.58. The molecule has 0 N–H and O–H groups in total. The smallest absolute Gasteiger partial charge is 0.129 e. The van der Waals surface area contributed by atoms with Crippen LogP contribution in [-0.2, 0) is 0 Å². The summed E-state index contributed by atoms with van der Waals surface area (Å²) in [7, 11) is 0. The molecule has 1 atom stereocenters. The van der Waals surface area contributed by atoms with E-state index in [1.807, 2.05) is 12.3 Å². The van der Waals surface area contributed by atoms with Crippen molar-refractivity contribution in [2.75, 3.05) is 13.1 Å². The molecule has 0 spiro atoms. The van der Waals surface area contributed by atoms with Crippen LogP contribution in [0.2, 0.25) is 5.15 Å². The van der Waals surface area contributed by atoms with Crippen molar-refractivity contribution in [1.82, 2.24) is 9.88 Å². The van der Waals surface area contributed by atoms with Crippen LogP contribution in [0, 0.1) is 6.92 Å². The molecule has 2 nitrogen and oxygen atoms in total. The van der Waals surface area contributed by atoms with Crippen molar-refractivity contribution in [3.05, 3.63) is 28.5 Å². The first-order chi connectivity index (χ1) is 8.22. The molecule has 1 aliphatic rings. The second kappa shape index (κ2) is 5.83. The summed E-state index contributed by atoms with van der Waals surface area (Å²) in [6.45, 7) is 6.80. The Balaban J connectivity index is 2.23. The van der Waals surface area contributed by atoms with Crippen molar-refractivity contribution >= 4 is 11.6 Å². The summed E-state index contributed by atoms with van der Waals surface area (Å²) in [5.41, 5.74) is 2.64. The van der Waals surface area contributed by atoms with Crippen LogP contribution in [-0.4, -0.2) is 23.0 Å². The van der Waals surface area contributed by atoms with Gasteiger partial charge in [-0.2, -0.15) is 0 Å². The summed E-state index contributed by atoms with van der Waals surface area (Å²) in [4.78, 5) is 6.85. The highest BCUT2D eigenvalue weighted by atomic mass is 35.5. The minimum atomic E-state index is 0.550. The Bertz CT molecular complexity index is 376. The summed E-state index contributed by atoms with van der Waals surface area (Å²) in [6, 6.07) is 2.53. The van der Waals surface area contributed by atoms with E-state index in [2.05, 4.69) is 23.7 Å². The molecule has 0 radical (unpaired) electrons. The van der Waals surface area contributed by atoms with Gasteiger partial charge < -0.3 is 0 Å². The number of rotatable bonds is 3. The maximum absolute atomic E-state index is 5.93. The number of nitrogens with zero attached hydrogens (tertiary/aromatic N) is 2. The number of likely N-dealkylation sites (tertiary alicyclic amines) is 1. The molecule has 1 aromatic heterocycles. The van der Waals surface area contributed by atoms with Gasteiger partial charge in [0.05, 0.1) is 0 Å². The van der Waals surface area contributed by atoms with Gasteiger partial charge in [-0.1, -0.05) is 24.9 Å². The van der Waals surface area contributed by atoms with Crippen LogP contribution in [0.4, 0.5) is 0 Å². The number of aryl methyl sites for hydroxylation is 1. The fraction of sp³-hybridized carbons (Fsp3) is 0.643. The Morgan fingerprint density at radius 2 is 2.29 bits per heavy atom. The summed E-state index contributed by atoms with van der Waals surface area (Å²) in [6.07, 6.45) is 7.10. The Hall–Kier alpha value is -0.600. The lowest BCUT2D eigenvalue weighted by atomic mass is 9.93. The monoisotopic (exact) mass is 252 g/mol. The van der Waals surface area contributed by atoms with E-state index in [9.17, 15) is 0 Å². The average molecular weight is 253 g/mol. The molecule has 17 heavy (non-hydrogen) atoms. The molecule has 3 heteroatoms. The molecule has 0 unspecified atom stereocenters. The third-order valence-corrected chi connectivity index (χ3v) is 3.81. The van der Waals surface area contributed by atoms with Crippen LogP contribution in [0.15, 0.2) is 12.3 Å². The number of hydrogen-bond acceptors (Lipinski definition) is 2. The number of piperidine rings is 1. The van der Waals surface area contributed by atoms with E-state index in [-0.39, 0.29) is 0 Å². The van der Waals surface area contributed by atoms with Crippen LogP contribution < -0.4 is 0 Å². The fourth-order valence-corrected chi connectivity index (χ4v) is 2.99. The summed E-state index contributed by atoms with van der Waals surface area (Å²) in [5.74, 6) is 0. The van der Waals surface area contributed by atoms with Gasteiger partial charge in [-0.15, -0.1) is 0 Å². The molecular formula is C14H21ClN2. The van der Waals surface area contributed by atoms with Crippen molar-refractivity contribution < 1.29 is 0 Å². The van der Waals surface area contributed by atoms with Gasteiger partial charge in [0.25, 0.3) is 0 Å². The van der Waals surface area contributed by atoms with E-state index >= 15 is 0 Å². The molecule has 0 aliphatic carbocycles. The van der Waals surface area contributed by atoms with Gasteiger partial charge in [-0.3, -0.25) is 4.90 Å². The zero-order chi connectivity index (χ0) is 12.3. The highest BCUT2D eigenvalue weighted by Crippen LogP contribution is 2.32. The molecule has 2 rings (SSSR count). The lowest BCUT2D eigenvalue weighted by molar-refractivity contribution is 0.148. The summed E-state index contributed by atoms with van der Waals surface area (Å²) in [5, 5.41) is 0.601. The van der Waals surface area contributed by atoms with Crippen molar-refractivity contribution in [1.29, 1.82) is 0 Å². The van der Waals surface area contributed by atoms with Gasteiger partial charge >= 0.3 is 0 Å². The predicted octanol–water partition coefficient (Wildman–Crippen LogP) is 3.98. The van der Waals surface area contributed by atoms with E-state index in [1.165, 1.54) is 49.9 Å². The Morgan fingerprint density at radius 3 is 3.00 bits per heavy atom. The number of aromatic nitrogens is 1. The highest BCUT2D eigenvalue weighted by molar-refractivity contribution is 6.29. The quantitative estimate of drug-likeness (QED) is 0.757. The molecular weight excluding hydrogens is 232 g/mol. The minimum Gasteiger partial charge on any atom is -0.296 e. The largest absolute Gasteiger partial charge is 0.296 e. The van der Waals surface area contributed by atoms with E-state index in [1.54, 1.807) is 0 Å². The number of hydrogen-bond donors (Lipinski definition) is 0. The number of pyridine rings is 1. The van der Waals surface area contributed by atoms with Crippen LogP contribution in [0.3, 0.4) is 0 Å². The van der Waals surface area contributed by atoms with Crippen LogP contribution in [0.1, 0.15) is 49.8 Å². The third-order valence-electron chi connectivity index (χ3n) is 3.60. The van der Waals surface area contributed by atoms with Crippen LogP contribution in [0.5, 0.6) is 0 Å². The van der Waals surface area contributed by atoms with E-state index < -0.39 is 0 Å². The Labute approximate surface area is 109 Å². The SMILES string of the molecule is CCCN1CCCC[C@H]1c1cnc(Cl)cc1C. The molecule has 0 aromatic carbocycles. The van der Waals surface area contributed by atoms with Gasteiger partial charge in [0.15, 0.2) is 0 Å². The Kier molecular flexibility index (Phi) is 4.41. The molecule has 1 saturated heterocycles. The lowest BCUT2D eigenvalue weighted by Crippen LogP contribution is -2.34. The fourth-order valence-electron chi connectivity index (χ4n) is 2.78. The second-order valence-corrected chi connectivity index (χ2v) is 5.30. The zero-order valence-electron chi connectivity index (χ0n) is 10.7. The lowest BCUT2D eigenvalue weighted by Gasteiger charge is -2.36. The standard InChI is InChI=1S/C14H21ClN2/c1-3-7-17-8-5-4-6-13(17)12-10-16-14(15)9-11(12)2/h9-10,13H,3-8H2,1-2H3/t13-/m0/s1. The molecule has 1 aromatic rings. The highest BCUT2D eigenvalue weighted by Gasteiger charge is 2.24. The van der Waals surface area contributed by atoms with Crippen molar-refractivity contribution in [3.63, 3.8) is 0 Å². The molecule has 1 aliphatic heterocycles. The van der Waals surface area contributed by atoms with Gasteiger partial charge in [0.1, 0.15) is 5.15 Å². The van der Waals surface area contributed by atoms with Crippen molar-refractivity contribution in [3.8, 4) is 0 Å². The zero-order valence-corrected chi connectivity index (χ0v) is 11.5. The first kappa shape index (κ1) is 12.8. The maximum atomic E-state index is 5.93. The molecule has 0 bridgehead atoms. The summed E-state index contributed by atoms with van der Waals surface area (Å²) < 4.78 is 0. The molecule has 1 fully saturated rings.